The Morgan fingerprint density at radius 2 is 1.71 bits per heavy atom. The number of rotatable bonds is 5. The van der Waals surface area contributed by atoms with Gasteiger partial charge in [-0.1, -0.05) is 20.8 Å². The van der Waals surface area contributed by atoms with Gasteiger partial charge >= 0.3 is 7.60 Å². The highest BCUT2D eigenvalue weighted by Gasteiger charge is 2.35. The largest absolute Gasteiger partial charge is 0.350 e. The van der Waals surface area contributed by atoms with Crippen LogP contribution in [0, 0.1) is 23.7 Å². The molecule has 0 amide bonds. The molecule has 0 fully saturated rings. The van der Waals surface area contributed by atoms with Crippen molar-refractivity contribution in [2.45, 2.75) is 38.7 Å². The van der Waals surface area contributed by atoms with Crippen molar-refractivity contribution in [3.8, 4) is 11.8 Å². The first-order valence-corrected chi connectivity index (χ1v) is 7.46. The number of hydrogen-bond donors (Lipinski definition) is 2. The quantitative estimate of drug-likeness (QED) is 0.461. The lowest BCUT2D eigenvalue weighted by Gasteiger charge is -2.13. The lowest BCUT2D eigenvalue weighted by atomic mass is 10.0. The molecule has 98 valence electrons. The Hall–Kier alpha value is -0.330. The molecule has 0 aliphatic heterocycles. The van der Waals surface area contributed by atoms with E-state index in [9.17, 15) is 9.36 Å². The molecule has 17 heavy (non-hydrogen) atoms. The molecule has 0 aliphatic carbocycles. The first-order valence-electron chi connectivity index (χ1n) is 5.35. The van der Waals surface area contributed by atoms with E-state index in [1.54, 1.807) is 6.92 Å². The fourth-order valence-electron chi connectivity index (χ4n) is 1.00. The van der Waals surface area contributed by atoms with E-state index in [0.29, 0.717) is 5.92 Å². The molecule has 0 spiro atoms. The number of Topliss-reactive ketones (excluding diaryl/α,β-unsaturated/α-hetero) is 1. The van der Waals surface area contributed by atoms with Crippen LogP contribution in [-0.2, 0) is 9.36 Å². The summed E-state index contributed by atoms with van der Waals surface area (Å²) < 4.78 is 10.8. The summed E-state index contributed by atoms with van der Waals surface area (Å²) in [5.74, 6) is 4.97. The Bertz CT molecular complexity index is 363. The second kappa shape index (κ2) is 7.18. The van der Waals surface area contributed by atoms with E-state index >= 15 is 0 Å². The molecule has 0 radical (unpaired) electrons. The highest BCUT2D eigenvalue weighted by molar-refractivity contribution is 7.55. The average molecular weight is 281 g/mol. The summed E-state index contributed by atoms with van der Waals surface area (Å²) in [6.45, 7) is 5.63. The summed E-state index contributed by atoms with van der Waals surface area (Å²) in [7, 11) is -4.55. The van der Waals surface area contributed by atoms with Crippen molar-refractivity contribution in [1.82, 2.24) is 0 Å². The Balaban J connectivity index is 4.32. The van der Waals surface area contributed by atoms with Crippen molar-refractivity contribution in [3.63, 3.8) is 0 Å². The molecular weight excluding hydrogens is 263 g/mol. The number of carbonyl (C=O) groups excluding carboxylic acids is 1. The number of hydrogen-bond acceptors (Lipinski definition) is 2. The van der Waals surface area contributed by atoms with Crippen molar-refractivity contribution in [3.05, 3.63) is 0 Å². The van der Waals surface area contributed by atoms with Crippen LogP contribution in [0.3, 0.4) is 0 Å². The zero-order chi connectivity index (χ0) is 13.6. The molecule has 0 aromatic heterocycles. The van der Waals surface area contributed by atoms with Crippen molar-refractivity contribution < 1.29 is 19.1 Å². The van der Waals surface area contributed by atoms with Gasteiger partial charge in [0.05, 0.1) is 0 Å². The molecule has 4 nitrogen and oxygen atoms in total. The highest BCUT2D eigenvalue weighted by Crippen LogP contribution is 2.45. The molecule has 0 saturated carbocycles. The third kappa shape index (κ3) is 6.85. The maximum Gasteiger partial charge on any atom is 0.350 e. The minimum Gasteiger partial charge on any atom is -0.323 e. The van der Waals surface area contributed by atoms with E-state index in [4.69, 9.17) is 21.4 Å². The highest BCUT2D eigenvalue weighted by atomic mass is 35.5. The summed E-state index contributed by atoms with van der Waals surface area (Å²) in [5.41, 5.74) is 0. The van der Waals surface area contributed by atoms with Gasteiger partial charge in [-0.25, -0.2) is 0 Å². The number of alkyl halides is 1. The van der Waals surface area contributed by atoms with Gasteiger partial charge in [-0.3, -0.25) is 9.36 Å². The molecule has 0 heterocycles. The molecule has 0 rings (SSSR count). The fourth-order valence-corrected chi connectivity index (χ4v) is 1.80. The van der Waals surface area contributed by atoms with Crippen LogP contribution in [-0.4, -0.2) is 20.7 Å². The monoisotopic (exact) mass is 280 g/mol. The first-order chi connectivity index (χ1) is 7.66. The van der Waals surface area contributed by atoms with Gasteiger partial charge in [0.2, 0.25) is 0 Å². The Kier molecular flexibility index (Phi) is 7.04. The summed E-state index contributed by atoms with van der Waals surface area (Å²) in [6, 6.07) is 0. The van der Waals surface area contributed by atoms with Crippen molar-refractivity contribution in [2.24, 2.45) is 11.8 Å². The van der Waals surface area contributed by atoms with Gasteiger partial charge in [-0.15, -0.1) is 23.4 Å². The van der Waals surface area contributed by atoms with E-state index in [0.717, 1.165) is 6.42 Å². The lowest BCUT2D eigenvalue weighted by Crippen LogP contribution is -2.22. The second-order valence-corrected chi connectivity index (χ2v) is 6.82. The predicted octanol–water partition coefficient (Wildman–Crippen LogP) is 2.37. The van der Waals surface area contributed by atoms with Gasteiger partial charge in [0, 0.05) is 18.8 Å². The van der Waals surface area contributed by atoms with Crippen molar-refractivity contribution >= 4 is 25.0 Å². The third-order valence-corrected chi connectivity index (χ3v) is 3.88. The minimum absolute atomic E-state index is 0.273. The molecule has 0 aromatic carbocycles. The molecule has 2 atom stereocenters. The standard InChI is InChI=1S/C11H18ClO4P/c1-8(2)6-4-5-7-9(3)10(13)11(12)17(14,15)16/h8-9,11H,6-7H2,1-3H3,(H2,14,15,16). The third-order valence-electron chi connectivity index (χ3n) is 2.06. The van der Waals surface area contributed by atoms with E-state index in [1.807, 2.05) is 13.8 Å². The molecule has 0 saturated heterocycles. The van der Waals surface area contributed by atoms with E-state index in [-0.39, 0.29) is 6.42 Å². The van der Waals surface area contributed by atoms with E-state index < -0.39 is 24.4 Å². The van der Waals surface area contributed by atoms with Crippen LogP contribution in [0.5, 0.6) is 0 Å². The van der Waals surface area contributed by atoms with Gasteiger partial charge in [0.25, 0.3) is 0 Å². The van der Waals surface area contributed by atoms with Gasteiger partial charge in [-0.2, -0.15) is 0 Å². The van der Waals surface area contributed by atoms with Crippen LogP contribution in [0.25, 0.3) is 0 Å². The van der Waals surface area contributed by atoms with E-state index in [2.05, 4.69) is 11.8 Å². The fraction of sp³-hybridized carbons (Fsp3) is 0.727. The predicted molar refractivity (Wildman–Crippen MR) is 67.7 cm³/mol. The maximum atomic E-state index is 11.5. The van der Waals surface area contributed by atoms with Crippen LogP contribution < -0.4 is 0 Å². The van der Waals surface area contributed by atoms with Crippen LogP contribution >= 0.6 is 19.2 Å². The van der Waals surface area contributed by atoms with Crippen LogP contribution in [0.2, 0.25) is 0 Å². The van der Waals surface area contributed by atoms with E-state index in [1.165, 1.54) is 0 Å². The Labute approximate surface area is 107 Å². The Morgan fingerprint density at radius 3 is 2.12 bits per heavy atom. The molecule has 2 N–H and O–H groups in total. The Morgan fingerprint density at radius 1 is 1.24 bits per heavy atom. The summed E-state index contributed by atoms with van der Waals surface area (Å²) in [4.78, 5) is 29.1. The number of halogens is 1. The van der Waals surface area contributed by atoms with Crippen molar-refractivity contribution in [2.75, 3.05) is 0 Å². The molecule has 0 aromatic rings. The topological polar surface area (TPSA) is 74.6 Å². The van der Waals surface area contributed by atoms with Gasteiger partial charge in [-0.05, 0) is 5.92 Å². The average Bonchev–Trinajstić information content (AvgIpc) is 2.20. The van der Waals surface area contributed by atoms with Crippen LogP contribution in [0.1, 0.15) is 33.6 Å². The molecular formula is C11H18ClO4P. The zero-order valence-corrected chi connectivity index (χ0v) is 11.8. The smallest absolute Gasteiger partial charge is 0.323 e. The minimum atomic E-state index is -4.55. The van der Waals surface area contributed by atoms with Crippen molar-refractivity contribution in [1.29, 1.82) is 0 Å². The summed E-state index contributed by atoms with van der Waals surface area (Å²) >= 11 is 5.40. The molecule has 2 unspecified atom stereocenters. The SMILES string of the molecule is CC(C)CC#CCC(C)C(=O)C(Cl)P(=O)(O)O. The molecule has 6 heteroatoms. The summed E-state index contributed by atoms with van der Waals surface area (Å²) in [6.07, 6.45) is 1.01. The summed E-state index contributed by atoms with van der Waals surface area (Å²) in [5, 5.41) is -1.76. The van der Waals surface area contributed by atoms with Gasteiger partial charge in [0.1, 0.15) is 0 Å². The van der Waals surface area contributed by atoms with Crippen LogP contribution in [0.4, 0.5) is 0 Å². The molecule has 0 bridgehead atoms. The van der Waals surface area contributed by atoms with Crippen LogP contribution in [0.15, 0.2) is 0 Å². The first kappa shape index (κ1) is 16.7. The number of ketones is 1. The normalized spacial score (nSPS) is 15.0. The second-order valence-electron chi connectivity index (χ2n) is 4.38. The van der Waals surface area contributed by atoms with Gasteiger partial charge in [0.15, 0.2) is 10.9 Å². The molecule has 0 aliphatic rings. The number of carbonyl (C=O) groups is 1. The maximum absolute atomic E-state index is 11.5. The lowest BCUT2D eigenvalue weighted by molar-refractivity contribution is -0.120. The van der Waals surface area contributed by atoms with Gasteiger partial charge < -0.3 is 9.79 Å². The zero-order valence-electron chi connectivity index (χ0n) is 10.2.